The molecule has 2 N–H and O–H groups in total. The minimum atomic E-state index is 0.583. The van der Waals surface area contributed by atoms with Crippen LogP contribution in [0.2, 0.25) is 0 Å². The molecule has 0 atom stereocenters. The molecule has 2 aromatic heterocycles. The Morgan fingerprint density at radius 1 is 1.47 bits per heavy atom. The van der Waals surface area contributed by atoms with Crippen molar-refractivity contribution in [2.45, 2.75) is 31.7 Å². The first-order valence-corrected chi connectivity index (χ1v) is 5.55. The van der Waals surface area contributed by atoms with Crippen molar-refractivity contribution in [1.29, 1.82) is 0 Å². The van der Waals surface area contributed by atoms with E-state index >= 15 is 0 Å². The molecule has 0 bridgehead atoms. The summed E-state index contributed by atoms with van der Waals surface area (Å²) in [6.07, 6.45) is 7.96. The van der Waals surface area contributed by atoms with Gasteiger partial charge in [0.05, 0.1) is 11.7 Å². The van der Waals surface area contributed by atoms with Crippen molar-refractivity contribution >= 4 is 5.52 Å². The first-order chi connectivity index (χ1) is 7.40. The second kappa shape index (κ2) is 3.35. The van der Waals surface area contributed by atoms with E-state index < -0.39 is 0 Å². The van der Waals surface area contributed by atoms with Crippen LogP contribution in [-0.2, 0) is 6.54 Å². The molecule has 3 heteroatoms. The van der Waals surface area contributed by atoms with Crippen molar-refractivity contribution in [2.75, 3.05) is 0 Å². The standard InChI is InChI=1S/C12H15N3/c13-7-10-5-2-6-15-11(10)8-14-12(15)9-3-1-4-9/h2,5-6,8-9H,1,3-4,7,13H2. The van der Waals surface area contributed by atoms with Gasteiger partial charge >= 0.3 is 0 Å². The number of pyridine rings is 1. The number of rotatable bonds is 2. The van der Waals surface area contributed by atoms with Gasteiger partial charge in [-0.2, -0.15) is 0 Å². The third-order valence-electron chi connectivity index (χ3n) is 3.38. The predicted octanol–water partition coefficient (Wildman–Crippen LogP) is 2.06. The van der Waals surface area contributed by atoms with E-state index in [4.69, 9.17) is 5.73 Å². The summed E-state index contributed by atoms with van der Waals surface area (Å²) in [5.41, 5.74) is 8.05. The fraction of sp³-hybridized carbons (Fsp3) is 0.417. The number of hydrogen-bond donors (Lipinski definition) is 1. The minimum Gasteiger partial charge on any atom is -0.326 e. The highest BCUT2D eigenvalue weighted by Gasteiger charge is 2.23. The second-order valence-corrected chi connectivity index (χ2v) is 4.24. The molecule has 0 aliphatic heterocycles. The van der Waals surface area contributed by atoms with Gasteiger partial charge in [0.25, 0.3) is 0 Å². The van der Waals surface area contributed by atoms with Crippen LogP contribution in [0.4, 0.5) is 0 Å². The van der Waals surface area contributed by atoms with Crippen LogP contribution in [0.15, 0.2) is 24.5 Å². The molecule has 3 rings (SSSR count). The Balaban J connectivity index is 2.16. The Morgan fingerprint density at radius 2 is 2.33 bits per heavy atom. The molecule has 0 radical (unpaired) electrons. The second-order valence-electron chi connectivity index (χ2n) is 4.24. The summed E-state index contributed by atoms with van der Waals surface area (Å²) in [7, 11) is 0. The third-order valence-corrected chi connectivity index (χ3v) is 3.38. The molecule has 2 heterocycles. The lowest BCUT2D eigenvalue weighted by molar-refractivity contribution is 0.400. The molecule has 1 aliphatic rings. The zero-order valence-corrected chi connectivity index (χ0v) is 8.69. The van der Waals surface area contributed by atoms with Gasteiger partial charge in [0.15, 0.2) is 0 Å². The van der Waals surface area contributed by atoms with Gasteiger partial charge in [-0.15, -0.1) is 0 Å². The molecular weight excluding hydrogens is 186 g/mol. The molecule has 1 saturated carbocycles. The van der Waals surface area contributed by atoms with Crippen LogP contribution in [0.1, 0.15) is 36.6 Å². The maximum absolute atomic E-state index is 5.71. The summed E-state index contributed by atoms with van der Waals surface area (Å²) in [6, 6.07) is 4.13. The Kier molecular flexibility index (Phi) is 1.99. The van der Waals surface area contributed by atoms with Gasteiger partial charge < -0.3 is 10.1 Å². The first-order valence-electron chi connectivity index (χ1n) is 5.55. The maximum Gasteiger partial charge on any atom is 0.116 e. The molecule has 0 aromatic carbocycles. The van der Waals surface area contributed by atoms with E-state index in [-0.39, 0.29) is 0 Å². The molecular formula is C12H15N3. The largest absolute Gasteiger partial charge is 0.326 e. The van der Waals surface area contributed by atoms with E-state index in [1.807, 2.05) is 6.20 Å². The Hall–Kier alpha value is -1.35. The average molecular weight is 201 g/mol. The summed E-state index contributed by atoms with van der Waals surface area (Å²) >= 11 is 0. The molecule has 0 spiro atoms. The summed E-state index contributed by atoms with van der Waals surface area (Å²) in [4.78, 5) is 4.53. The van der Waals surface area contributed by atoms with Crippen LogP contribution >= 0.6 is 0 Å². The lowest BCUT2D eigenvalue weighted by Crippen LogP contribution is -2.12. The molecule has 1 aliphatic carbocycles. The van der Waals surface area contributed by atoms with Crippen molar-refractivity contribution in [1.82, 2.24) is 9.38 Å². The summed E-state index contributed by atoms with van der Waals surface area (Å²) < 4.78 is 2.20. The number of hydrogen-bond acceptors (Lipinski definition) is 2. The van der Waals surface area contributed by atoms with Gasteiger partial charge in [0, 0.05) is 18.7 Å². The molecule has 2 aromatic rings. The smallest absolute Gasteiger partial charge is 0.116 e. The van der Waals surface area contributed by atoms with Crippen LogP contribution in [0.3, 0.4) is 0 Å². The average Bonchev–Trinajstić information content (AvgIpc) is 2.59. The quantitative estimate of drug-likeness (QED) is 0.808. The van der Waals surface area contributed by atoms with Gasteiger partial charge in [-0.05, 0) is 24.5 Å². The topological polar surface area (TPSA) is 43.3 Å². The van der Waals surface area contributed by atoms with E-state index in [9.17, 15) is 0 Å². The summed E-state index contributed by atoms with van der Waals surface area (Å²) in [6.45, 7) is 0.583. The lowest BCUT2D eigenvalue weighted by Gasteiger charge is -2.24. The van der Waals surface area contributed by atoms with Crippen LogP contribution in [-0.4, -0.2) is 9.38 Å². The van der Waals surface area contributed by atoms with E-state index in [0.29, 0.717) is 12.5 Å². The fourth-order valence-corrected chi connectivity index (χ4v) is 2.24. The lowest BCUT2D eigenvalue weighted by atomic mass is 9.85. The van der Waals surface area contributed by atoms with Crippen molar-refractivity contribution < 1.29 is 0 Å². The van der Waals surface area contributed by atoms with Gasteiger partial charge in [0.2, 0.25) is 0 Å². The van der Waals surface area contributed by atoms with E-state index in [1.165, 1.54) is 36.2 Å². The summed E-state index contributed by atoms with van der Waals surface area (Å²) in [5, 5.41) is 0. The zero-order chi connectivity index (χ0) is 10.3. The Morgan fingerprint density at radius 3 is 3.00 bits per heavy atom. The molecule has 78 valence electrons. The Labute approximate surface area is 88.9 Å². The van der Waals surface area contributed by atoms with Crippen LogP contribution in [0, 0.1) is 0 Å². The molecule has 1 fully saturated rings. The number of imidazole rings is 1. The van der Waals surface area contributed by atoms with Crippen molar-refractivity contribution in [3.63, 3.8) is 0 Å². The normalized spacial score (nSPS) is 16.9. The fourth-order valence-electron chi connectivity index (χ4n) is 2.24. The Bertz CT molecular complexity index is 483. The highest BCUT2D eigenvalue weighted by atomic mass is 15.0. The van der Waals surface area contributed by atoms with E-state index in [0.717, 1.165) is 0 Å². The van der Waals surface area contributed by atoms with E-state index in [1.54, 1.807) is 0 Å². The van der Waals surface area contributed by atoms with Crippen LogP contribution in [0.5, 0.6) is 0 Å². The highest BCUT2D eigenvalue weighted by molar-refractivity contribution is 5.54. The number of nitrogens with zero attached hydrogens (tertiary/aromatic N) is 2. The highest BCUT2D eigenvalue weighted by Crippen LogP contribution is 2.35. The SMILES string of the molecule is NCc1cccn2c(C3CCC3)ncc12. The summed E-state index contributed by atoms with van der Waals surface area (Å²) in [5.74, 6) is 1.88. The monoisotopic (exact) mass is 201 g/mol. The predicted molar refractivity (Wildman–Crippen MR) is 59.7 cm³/mol. The number of fused-ring (bicyclic) bond motifs is 1. The van der Waals surface area contributed by atoms with Gasteiger partial charge in [-0.3, -0.25) is 0 Å². The van der Waals surface area contributed by atoms with Crippen molar-refractivity contribution in [2.24, 2.45) is 5.73 Å². The van der Waals surface area contributed by atoms with Gasteiger partial charge in [-0.1, -0.05) is 12.5 Å². The van der Waals surface area contributed by atoms with Crippen molar-refractivity contribution in [3.05, 3.63) is 35.9 Å². The number of aromatic nitrogens is 2. The van der Waals surface area contributed by atoms with Gasteiger partial charge in [0.1, 0.15) is 5.82 Å². The zero-order valence-electron chi connectivity index (χ0n) is 8.69. The minimum absolute atomic E-state index is 0.583. The van der Waals surface area contributed by atoms with E-state index in [2.05, 4.69) is 27.7 Å². The van der Waals surface area contributed by atoms with Gasteiger partial charge in [-0.25, -0.2) is 4.98 Å². The van der Waals surface area contributed by atoms with Crippen LogP contribution in [0.25, 0.3) is 5.52 Å². The molecule has 0 unspecified atom stereocenters. The van der Waals surface area contributed by atoms with Crippen LogP contribution < -0.4 is 5.73 Å². The molecule has 0 amide bonds. The molecule has 3 nitrogen and oxygen atoms in total. The maximum atomic E-state index is 5.71. The molecule has 0 saturated heterocycles. The first kappa shape index (κ1) is 8.92. The van der Waals surface area contributed by atoms with Crippen molar-refractivity contribution in [3.8, 4) is 0 Å². The molecule has 15 heavy (non-hydrogen) atoms. The number of nitrogens with two attached hydrogens (primary N) is 1. The third kappa shape index (κ3) is 1.27.